The quantitative estimate of drug-likeness (QED) is 0.310. The third-order valence-electron chi connectivity index (χ3n) is 5.61. The van der Waals surface area contributed by atoms with Crippen molar-refractivity contribution in [1.82, 2.24) is 19.9 Å². The van der Waals surface area contributed by atoms with Crippen molar-refractivity contribution in [3.63, 3.8) is 0 Å². The number of rotatable bonds is 8. The molecule has 3 aromatic rings. The van der Waals surface area contributed by atoms with Gasteiger partial charge < -0.3 is 15.4 Å². The van der Waals surface area contributed by atoms with Crippen molar-refractivity contribution >= 4 is 34.3 Å². The molecule has 1 saturated heterocycles. The average Bonchev–Trinajstić information content (AvgIpc) is 3.23. The first-order chi connectivity index (χ1) is 15.6. The summed E-state index contributed by atoms with van der Waals surface area (Å²) in [5.41, 5.74) is 1.44. The summed E-state index contributed by atoms with van der Waals surface area (Å²) in [5, 5.41) is 7.71. The first kappa shape index (κ1) is 22.4. The highest BCUT2D eigenvalue weighted by atomic mass is 32.1. The minimum Gasteiger partial charge on any atom is -0.426 e. The van der Waals surface area contributed by atoms with Crippen molar-refractivity contribution < 1.29 is 14.3 Å². The Bertz CT molecular complexity index is 1080. The van der Waals surface area contributed by atoms with Crippen LogP contribution in [0.25, 0.3) is 10.9 Å². The Morgan fingerprint density at radius 2 is 2.00 bits per heavy atom. The molecular weight excluding hydrogens is 424 g/mol. The van der Waals surface area contributed by atoms with E-state index in [4.69, 9.17) is 4.74 Å². The molecule has 32 heavy (non-hydrogen) atoms. The smallest absolute Gasteiger partial charge is 0.308 e. The summed E-state index contributed by atoms with van der Waals surface area (Å²) in [6, 6.07) is 15.4. The van der Waals surface area contributed by atoms with E-state index >= 15 is 0 Å². The van der Waals surface area contributed by atoms with Gasteiger partial charge in [-0.15, -0.1) is 0 Å². The van der Waals surface area contributed by atoms with Crippen molar-refractivity contribution in [3.8, 4) is 5.75 Å². The first-order valence-corrected chi connectivity index (χ1v) is 11.8. The number of benzene rings is 2. The monoisotopic (exact) mass is 452 g/mol. The molecule has 0 aliphatic carbocycles. The topological polar surface area (TPSA) is 83.6 Å². The number of carbonyl (C=O) groups is 2. The molecule has 7 nitrogen and oxygen atoms in total. The van der Waals surface area contributed by atoms with Crippen LogP contribution in [0.2, 0.25) is 0 Å². The van der Waals surface area contributed by atoms with E-state index in [1.54, 1.807) is 35.8 Å². The Balaban J connectivity index is 1.29. The molecule has 1 aliphatic rings. The predicted molar refractivity (Wildman–Crippen MR) is 126 cm³/mol. The molecule has 0 saturated carbocycles. The summed E-state index contributed by atoms with van der Waals surface area (Å²) in [7, 11) is 0. The predicted octanol–water partition coefficient (Wildman–Crippen LogP) is 3.38. The van der Waals surface area contributed by atoms with E-state index in [1.165, 1.54) is 17.2 Å². The fourth-order valence-corrected chi connectivity index (χ4v) is 5.04. The molecular formula is C24H28N4O3S. The Hall–Kier alpha value is -2.81. The molecule has 168 valence electrons. The largest absolute Gasteiger partial charge is 0.426 e. The Morgan fingerprint density at radius 3 is 2.88 bits per heavy atom. The van der Waals surface area contributed by atoms with Crippen LogP contribution in [-0.2, 0) is 4.79 Å². The van der Waals surface area contributed by atoms with E-state index in [0.29, 0.717) is 18.2 Å². The van der Waals surface area contributed by atoms with E-state index < -0.39 is 5.97 Å². The first-order valence-electron chi connectivity index (χ1n) is 11.0. The summed E-state index contributed by atoms with van der Waals surface area (Å²) >= 11 is 1.60. The van der Waals surface area contributed by atoms with Crippen LogP contribution in [-0.4, -0.2) is 53.9 Å². The number of nitrogens with one attached hydrogen (secondary N) is 2. The lowest BCUT2D eigenvalue weighted by Gasteiger charge is -2.35. The number of unbranched alkanes of at least 4 members (excludes halogenated alkanes) is 1. The van der Waals surface area contributed by atoms with Gasteiger partial charge in [-0.25, -0.2) is 0 Å². The van der Waals surface area contributed by atoms with Gasteiger partial charge in [-0.05, 0) is 49.1 Å². The second kappa shape index (κ2) is 10.7. The number of piperazine rings is 1. The molecule has 1 amide bonds. The Kier molecular flexibility index (Phi) is 7.47. The van der Waals surface area contributed by atoms with E-state index in [0.717, 1.165) is 44.5 Å². The summed E-state index contributed by atoms with van der Waals surface area (Å²) < 4.78 is 9.75. The maximum atomic E-state index is 12.5. The van der Waals surface area contributed by atoms with Gasteiger partial charge in [-0.2, -0.15) is 4.37 Å². The van der Waals surface area contributed by atoms with Gasteiger partial charge in [0, 0.05) is 38.5 Å². The third-order valence-corrected chi connectivity index (χ3v) is 6.59. The van der Waals surface area contributed by atoms with Gasteiger partial charge in [0.2, 0.25) is 0 Å². The van der Waals surface area contributed by atoms with Gasteiger partial charge in [-0.1, -0.05) is 30.3 Å². The Labute approximate surface area is 191 Å². The number of ether oxygens (including phenoxy) is 1. The van der Waals surface area contributed by atoms with Crippen molar-refractivity contribution in [3.05, 3.63) is 59.0 Å². The second-order valence-corrected chi connectivity index (χ2v) is 8.68. The summed E-state index contributed by atoms with van der Waals surface area (Å²) in [4.78, 5) is 27.6. The maximum Gasteiger partial charge on any atom is 0.308 e. The molecule has 1 aromatic heterocycles. The van der Waals surface area contributed by atoms with Gasteiger partial charge in [0.1, 0.15) is 5.75 Å². The van der Waals surface area contributed by atoms with Crippen LogP contribution < -0.4 is 15.4 Å². The second-order valence-electron chi connectivity index (χ2n) is 7.87. The van der Waals surface area contributed by atoms with E-state index in [1.807, 2.05) is 6.07 Å². The lowest BCUT2D eigenvalue weighted by molar-refractivity contribution is -0.131. The van der Waals surface area contributed by atoms with Gasteiger partial charge in [0.05, 0.1) is 22.0 Å². The zero-order valence-corrected chi connectivity index (χ0v) is 19.0. The van der Waals surface area contributed by atoms with Gasteiger partial charge in [0.25, 0.3) is 5.91 Å². The van der Waals surface area contributed by atoms with Crippen LogP contribution in [0.3, 0.4) is 0 Å². The zero-order valence-electron chi connectivity index (χ0n) is 18.2. The minimum atomic E-state index is -0.440. The lowest BCUT2D eigenvalue weighted by atomic mass is 10.1. The molecule has 1 aliphatic heterocycles. The van der Waals surface area contributed by atoms with Crippen molar-refractivity contribution in [2.24, 2.45) is 0 Å². The highest BCUT2D eigenvalue weighted by Crippen LogP contribution is 2.32. The molecule has 4 rings (SSSR count). The number of para-hydroxylation sites is 1. The van der Waals surface area contributed by atoms with Crippen molar-refractivity contribution in [2.75, 3.05) is 32.7 Å². The SMILES string of the molecule is CC(=O)Oc1ccccc1C(=O)NCCCCN1CCNCC1c1snc2ccccc12. The highest BCUT2D eigenvalue weighted by molar-refractivity contribution is 7.07. The van der Waals surface area contributed by atoms with Gasteiger partial charge in [-0.3, -0.25) is 14.5 Å². The summed E-state index contributed by atoms with van der Waals surface area (Å²) in [6.07, 6.45) is 1.86. The van der Waals surface area contributed by atoms with E-state index in [2.05, 4.69) is 38.1 Å². The number of esters is 1. The molecule has 1 atom stereocenters. The van der Waals surface area contributed by atoms with Crippen LogP contribution in [0.4, 0.5) is 0 Å². The molecule has 1 fully saturated rings. The highest BCUT2D eigenvalue weighted by Gasteiger charge is 2.26. The maximum absolute atomic E-state index is 12.5. The number of fused-ring (bicyclic) bond motifs is 1. The molecule has 2 N–H and O–H groups in total. The van der Waals surface area contributed by atoms with Crippen molar-refractivity contribution in [2.45, 2.75) is 25.8 Å². The van der Waals surface area contributed by atoms with Crippen LogP contribution in [0.5, 0.6) is 5.75 Å². The number of hydrogen-bond acceptors (Lipinski definition) is 7. The summed E-state index contributed by atoms with van der Waals surface area (Å²) in [5.74, 6) is -0.375. The number of aromatic nitrogens is 1. The van der Waals surface area contributed by atoms with E-state index in [9.17, 15) is 9.59 Å². The van der Waals surface area contributed by atoms with Crippen LogP contribution in [0, 0.1) is 0 Å². The van der Waals surface area contributed by atoms with Crippen LogP contribution in [0.15, 0.2) is 48.5 Å². The summed E-state index contributed by atoms with van der Waals surface area (Å²) in [6.45, 7) is 5.78. The molecule has 0 bridgehead atoms. The number of carbonyl (C=O) groups excluding carboxylic acids is 2. The normalized spacial score (nSPS) is 16.7. The molecule has 1 unspecified atom stereocenters. The van der Waals surface area contributed by atoms with Crippen LogP contribution in [0.1, 0.15) is 41.0 Å². The molecule has 8 heteroatoms. The van der Waals surface area contributed by atoms with Crippen LogP contribution >= 0.6 is 11.5 Å². The molecule has 0 spiro atoms. The van der Waals surface area contributed by atoms with E-state index in [-0.39, 0.29) is 11.7 Å². The lowest BCUT2D eigenvalue weighted by Crippen LogP contribution is -2.46. The molecule has 2 aromatic carbocycles. The number of amides is 1. The number of nitrogens with zero attached hydrogens (tertiary/aromatic N) is 2. The van der Waals surface area contributed by atoms with Gasteiger partial charge >= 0.3 is 5.97 Å². The number of hydrogen-bond donors (Lipinski definition) is 2. The standard InChI is InChI=1S/C24H28N4O3S/c1-17(29)31-22-11-5-3-9-19(22)24(30)26-12-6-7-14-28-15-13-25-16-21(28)23-18-8-2-4-10-20(18)27-32-23/h2-5,8-11,21,25H,6-7,12-16H2,1H3,(H,26,30). The van der Waals surface area contributed by atoms with Gasteiger partial charge in [0.15, 0.2) is 0 Å². The minimum absolute atomic E-state index is 0.224. The van der Waals surface area contributed by atoms with Crippen molar-refractivity contribution in [1.29, 1.82) is 0 Å². The molecule has 2 heterocycles. The fraction of sp³-hybridized carbons (Fsp3) is 0.375. The third kappa shape index (κ3) is 5.32. The molecule has 0 radical (unpaired) electrons. The zero-order chi connectivity index (χ0) is 22.3. The Morgan fingerprint density at radius 1 is 1.19 bits per heavy atom. The average molecular weight is 453 g/mol. The fourth-order valence-electron chi connectivity index (χ4n) is 4.06.